The molecule has 0 aromatic carbocycles. The number of hydrogen-bond donors (Lipinski definition) is 3. The molecule has 0 aromatic rings. The van der Waals surface area contributed by atoms with Crippen LogP contribution in [0.5, 0.6) is 0 Å². The third-order valence-electron chi connectivity index (χ3n) is 2.25. The van der Waals surface area contributed by atoms with Gasteiger partial charge in [-0.05, 0) is 6.42 Å². The quantitative estimate of drug-likeness (QED) is 0.419. The van der Waals surface area contributed by atoms with Gasteiger partial charge in [-0.1, -0.05) is 13.3 Å². The fourth-order valence-electron chi connectivity index (χ4n) is 1.39. The molecule has 3 N–H and O–H groups in total. The first kappa shape index (κ1) is 15.8. The van der Waals surface area contributed by atoms with Crippen LogP contribution in [-0.2, 0) is 4.74 Å². The third kappa shape index (κ3) is 9.06. The van der Waals surface area contributed by atoms with Gasteiger partial charge in [0, 0.05) is 26.2 Å². The number of nitrogens with zero attached hydrogens (tertiary/aromatic N) is 1. The number of unbranched alkanes of at least 4 members (excludes halogenated alkanes) is 1. The lowest BCUT2D eigenvalue weighted by molar-refractivity contribution is 0.0107. The molecule has 0 aliphatic heterocycles. The second-order valence-corrected chi connectivity index (χ2v) is 3.83. The van der Waals surface area contributed by atoms with Gasteiger partial charge in [0.2, 0.25) is 0 Å². The zero-order valence-electron chi connectivity index (χ0n) is 10.1. The zero-order chi connectivity index (χ0) is 12.2. The van der Waals surface area contributed by atoms with Gasteiger partial charge in [0.05, 0.1) is 25.9 Å². The zero-order valence-corrected chi connectivity index (χ0v) is 10.1. The van der Waals surface area contributed by atoms with Gasteiger partial charge in [-0.3, -0.25) is 4.90 Å². The summed E-state index contributed by atoms with van der Waals surface area (Å²) in [5.41, 5.74) is 0. The Morgan fingerprint density at radius 1 is 1.19 bits per heavy atom. The monoisotopic (exact) mass is 235 g/mol. The molecule has 5 heteroatoms. The number of rotatable bonds is 11. The van der Waals surface area contributed by atoms with Crippen molar-refractivity contribution >= 4 is 0 Å². The Kier molecular flexibility index (Phi) is 11.1. The predicted molar refractivity (Wildman–Crippen MR) is 62.3 cm³/mol. The van der Waals surface area contributed by atoms with Gasteiger partial charge in [-0.2, -0.15) is 0 Å². The van der Waals surface area contributed by atoms with Crippen molar-refractivity contribution in [2.45, 2.75) is 25.9 Å². The highest BCUT2D eigenvalue weighted by Gasteiger charge is 2.10. The van der Waals surface area contributed by atoms with Crippen LogP contribution in [0.2, 0.25) is 0 Å². The molecular weight excluding hydrogens is 210 g/mol. The lowest BCUT2D eigenvalue weighted by Crippen LogP contribution is -2.38. The molecule has 5 nitrogen and oxygen atoms in total. The Bertz CT molecular complexity index is 140. The van der Waals surface area contributed by atoms with E-state index in [1.54, 1.807) is 0 Å². The summed E-state index contributed by atoms with van der Waals surface area (Å²) in [6.07, 6.45) is 1.52. The van der Waals surface area contributed by atoms with E-state index < -0.39 is 6.10 Å². The summed E-state index contributed by atoms with van der Waals surface area (Å²) in [6.45, 7) is 4.49. The van der Waals surface area contributed by atoms with E-state index in [1.165, 1.54) is 0 Å². The second-order valence-electron chi connectivity index (χ2n) is 3.83. The SMILES string of the molecule is CCCCOC[C@H](O)CN(CCO)CCO. The first-order chi connectivity index (χ1) is 7.74. The van der Waals surface area contributed by atoms with Gasteiger partial charge in [0.1, 0.15) is 0 Å². The minimum absolute atomic E-state index is 0.0312. The van der Waals surface area contributed by atoms with Crippen LogP contribution in [0.25, 0.3) is 0 Å². The molecule has 0 unspecified atom stereocenters. The van der Waals surface area contributed by atoms with E-state index in [-0.39, 0.29) is 13.2 Å². The molecule has 0 saturated carbocycles. The van der Waals surface area contributed by atoms with E-state index in [2.05, 4.69) is 6.92 Å². The molecule has 0 heterocycles. The Labute approximate surface area is 97.6 Å². The second kappa shape index (κ2) is 11.3. The highest BCUT2D eigenvalue weighted by Crippen LogP contribution is 1.95. The van der Waals surface area contributed by atoms with Gasteiger partial charge in [0.15, 0.2) is 0 Å². The summed E-state index contributed by atoms with van der Waals surface area (Å²) in [7, 11) is 0. The maximum atomic E-state index is 9.64. The molecule has 0 saturated heterocycles. The number of aliphatic hydroxyl groups is 3. The molecule has 16 heavy (non-hydrogen) atoms. The predicted octanol–water partition coefficient (Wildman–Crippen LogP) is -0.549. The van der Waals surface area contributed by atoms with Crippen molar-refractivity contribution in [3.05, 3.63) is 0 Å². The van der Waals surface area contributed by atoms with Gasteiger partial charge in [-0.15, -0.1) is 0 Å². The van der Waals surface area contributed by atoms with E-state index in [1.807, 2.05) is 4.90 Å². The lowest BCUT2D eigenvalue weighted by Gasteiger charge is -2.23. The van der Waals surface area contributed by atoms with Crippen LogP contribution in [0, 0.1) is 0 Å². The van der Waals surface area contributed by atoms with Crippen LogP contribution >= 0.6 is 0 Å². The topological polar surface area (TPSA) is 73.2 Å². The van der Waals surface area contributed by atoms with E-state index in [4.69, 9.17) is 14.9 Å². The summed E-state index contributed by atoms with van der Waals surface area (Å²) >= 11 is 0. The summed E-state index contributed by atoms with van der Waals surface area (Å²) < 4.78 is 5.29. The molecule has 0 aliphatic carbocycles. The molecular formula is C11H25NO4. The fourth-order valence-corrected chi connectivity index (χ4v) is 1.39. The Hall–Kier alpha value is -0.200. The van der Waals surface area contributed by atoms with Crippen molar-refractivity contribution in [2.24, 2.45) is 0 Å². The maximum Gasteiger partial charge on any atom is 0.0900 e. The van der Waals surface area contributed by atoms with Gasteiger partial charge < -0.3 is 20.1 Å². The molecule has 0 fully saturated rings. The van der Waals surface area contributed by atoms with Gasteiger partial charge >= 0.3 is 0 Å². The van der Waals surface area contributed by atoms with Crippen molar-refractivity contribution in [1.29, 1.82) is 0 Å². The molecule has 0 spiro atoms. The van der Waals surface area contributed by atoms with Crippen molar-refractivity contribution in [3.8, 4) is 0 Å². The van der Waals surface area contributed by atoms with Crippen LogP contribution in [-0.4, -0.2) is 72.4 Å². The average molecular weight is 235 g/mol. The van der Waals surface area contributed by atoms with Crippen molar-refractivity contribution in [1.82, 2.24) is 4.90 Å². The highest BCUT2D eigenvalue weighted by molar-refractivity contribution is 4.63. The molecule has 0 aromatic heterocycles. The highest BCUT2D eigenvalue weighted by atomic mass is 16.5. The Balaban J connectivity index is 3.59. The van der Waals surface area contributed by atoms with E-state index in [0.717, 1.165) is 12.8 Å². The maximum absolute atomic E-state index is 9.64. The molecule has 0 aliphatic rings. The fraction of sp³-hybridized carbons (Fsp3) is 1.00. The van der Waals surface area contributed by atoms with Crippen molar-refractivity contribution in [2.75, 3.05) is 46.1 Å². The number of hydrogen-bond acceptors (Lipinski definition) is 5. The summed E-state index contributed by atoms with van der Waals surface area (Å²) in [4.78, 5) is 1.81. The van der Waals surface area contributed by atoms with Crippen LogP contribution in [0.15, 0.2) is 0 Å². The van der Waals surface area contributed by atoms with Crippen LogP contribution in [0.4, 0.5) is 0 Å². The normalized spacial score (nSPS) is 13.3. The van der Waals surface area contributed by atoms with E-state index in [0.29, 0.717) is 32.8 Å². The molecule has 1 atom stereocenters. The number of ether oxygens (including phenoxy) is 1. The lowest BCUT2D eigenvalue weighted by atomic mass is 10.3. The smallest absolute Gasteiger partial charge is 0.0900 e. The Morgan fingerprint density at radius 3 is 2.31 bits per heavy atom. The molecule has 0 bridgehead atoms. The van der Waals surface area contributed by atoms with E-state index >= 15 is 0 Å². The molecule has 0 radical (unpaired) electrons. The van der Waals surface area contributed by atoms with E-state index in [9.17, 15) is 5.11 Å². The Morgan fingerprint density at radius 2 is 1.81 bits per heavy atom. The summed E-state index contributed by atoms with van der Waals surface area (Å²) in [5.74, 6) is 0. The first-order valence-corrected chi connectivity index (χ1v) is 5.94. The summed E-state index contributed by atoms with van der Waals surface area (Å²) in [5, 5.41) is 27.2. The van der Waals surface area contributed by atoms with Crippen LogP contribution < -0.4 is 0 Å². The average Bonchev–Trinajstić information content (AvgIpc) is 2.25. The van der Waals surface area contributed by atoms with Crippen molar-refractivity contribution in [3.63, 3.8) is 0 Å². The third-order valence-corrected chi connectivity index (χ3v) is 2.25. The summed E-state index contributed by atoms with van der Waals surface area (Å²) in [6, 6.07) is 0. The largest absolute Gasteiger partial charge is 0.395 e. The van der Waals surface area contributed by atoms with Crippen molar-refractivity contribution < 1.29 is 20.1 Å². The molecule has 0 amide bonds. The van der Waals surface area contributed by atoms with Crippen LogP contribution in [0.3, 0.4) is 0 Å². The minimum Gasteiger partial charge on any atom is -0.395 e. The van der Waals surface area contributed by atoms with Gasteiger partial charge in [-0.25, -0.2) is 0 Å². The number of aliphatic hydroxyl groups excluding tert-OH is 3. The molecule has 0 rings (SSSR count). The first-order valence-electron chi connectivity index (χ1n) is 5.94. The van der Waals surface area contributed by atoms with Crippen LogP contribution in [0.1, 0.15) is 19.8 Å². The molecule has 98 valence electrons. The van der Waals surface area contributed by atoms with Gasteiger partial charge in [0.25, 0.3) is 0 Å². The standard InChI is InChI=1S/C11H25NO4/c1-2-3-8-16-10-11(15)9-12(4-6-13)5-7-14/h11,13-15H,2-10H2,1H3/t11-/m1/s1. The minimum atomic E-state index is -0.560.